The van der Waals surface area contributed by atoms with Crippen LogP contribution < -0.4 is 11.3 Å². The lowest BCUT2D eigenvalue weighted by molar-refractivity contribution is -0.0501. The van der Waals surface area contributed by atoms with Gasteiger partial charge < -0.3 is 49.8 Å². The highest BCUT2D eigenvalue weighted by molar-refractivity contribution is 7.66. The van der Waals surface area contributed by atoms with Crippen molar-refractivity contribution in [3.8, 4) is 0 Å². The standard InChI is InChI=1S/C10H18N5O20P5/c11-10-13-7-4(8(17)14-10)12-2-15(7)9-5(16)6(3(31-9)1-30-38(24,25)33-36(18,19)20)32-39(26,27)35-40(28,29)34-37(21,22)23/h2-3,5-6,9,16H,1H2,(H,24,25)(H,26,27)(H,28,29)(H2,18,19,20)(H2,21,22,23)(H3,11,13,14,17)/t3-,5-,6-,9-/m1/s1. The number of H-pyrrole nitrogens is 1. The average Bonchev–Trinajstić information content (AvgIpc) is 3.23. The second kappa shape index (κ2) is 11.4. The van der Waals surface area contributed by atoms with E-state index in [1.54, 1.807) is 0 Å². The number of aliphatic hydroxyl groups is 1. The van der Waals surface area contributed by atoms with E-state index in [1.807, 2.05) is 0 Å². The fourth-order valence-corrected chi connectivity index (χ4v) is 7.95. The zero-order valence-corrected chi connectivity index (χ0v) is 23.2. The number of nitrogens with one attached hydrogen (secondary N) is 1. The van der Waals surface area contributed by atoms with Crippen LogP contribution in [0.5, 0.6) is 0 Å². The van der Waals surface area contributed by atoms with Crippen molar-refractivity contribution in [2.75, 3.05) is 12.3 Å². The number of rotatable bonds is 12. The minimum absolute atomic E-state index is 0.346. The maximum absolute atomic E-state index is 12.4. The summed E-state index contributed by atoms with van der Waals surface area (Å²) >= 11 is 0. The monoisotopic (exact) mass is 683 g/mol. The van der Waals surface area contributed by atoms with Crippen LogP contribution in [-0.2, 0) is 49.5 Å². The fourth-order valence-electron chi connectivity index (χ4n) is 3.12. The number of nitrogens with two attached hydrogens (primary N) is 1. The summed E-state index contributed by atoms with van der Waals surface area (Å²) in [6.45, 7) is -1.33. The normalized spacial score (nSPS) is 26.8. The number of aromatic amines is 1. The maximum atomic E-state index is 12.4. The Morgan fingerprint density at radius 3 is 2.10 bits per heavy atom. The third-order valence-corrected chi connectivity index (χ3v) is 10.3. The molecule has 30 heteroatoms. The highest BCUT2D eigenvalue weighted by Crippen LogP contribution is 2.67. The molecule has 0 spiro atoms. The van der Waals surface area contributed by atoms with Crippen molar-refractivity contribution < 1.29 is 88.9 Å². The lowest BCUT2D eigenvalue weighted by Crippen LogP contribution is -2.36. The predicted molar refractivity (Wildman–Crippen MR) is 120 cm³/mol. The van der Waals surface area contributed by atoms with Crippen LogP contribution in [0.4, 0.5) is 5.95 Å². The fraction of sp³-hybridized carbons (Fsp3) is 0.500. The number of hydrogen-bond acceptors (Lipinski definition) is 16. The third kappa shape index (κ3) is 8.87. The van der Waals surface area contributed by atoms with Gasteiger partial charge in [-0.2, -0.15) is 17.9 Å². The quantitative estimate of drug-likeness (QED) is 0.107. The number of aromatic nitrogens is 4. The average molecular weight is 683 g/mol. The molecule has 0 radical (unpaired) electrons. The first-order valence-electron chi connectivity index (χ1n) is 9.60. The van der Waals surface area contributed by atoms with Crippen molar-refractivity contribution in [3.63, 3.8) is 0 Å². The van der Waals surface area contributed by atoms with E-state index in [9.17, 15) is 47.4 Å². The topological polar surface area (TPSA) is 392 Å². The minimum Gasteiger partial charge on any atom is -0.386 e. The molecule has 1 aliphatic rings. The van der Waals surface area contributed by atoms with Gasteiger partial charge in [-0.1, -0.05) is 0 Å². The molecule has 0 aromatic carbocycles. The second-order valence-corrected chi connectivity index (χ2v) is 14.5. The zero-order chi connectivity index (χ0) is 30.5. The SMILES string of the molecule is Nc1nc2c(ncn2[C@@H]2O[C@H](COP(=O)(O)OP(=O)(O)O)[C@@H](OP(=O)(O)OP(=O)(O)OP(=O)(O)O)[C@H]2O)c(=O)[nH]1. The molecule has 7 atom stereocenters. The number of aliphatic hydroxyl groups excluding tert-OH is 1. The van der Waals surface area contributed by atoms with Crippen LogP contribution in [0, 0.1) is 0 Å². The first kappa shape index (κ1) is 33.2. The number of phosphoric ester groups is 2. The van der Waals surface area contributed by atoms with Gasteiger partial charge in [0.25, 0.3) is 5.56 Å². The van der Waals surface area contributed by atoms with Gasteiger partial charge in [-0.3, -0.25) is 23.4 Å². The number of fused-ring (bicyclic) bond motifs is 1. The molecule has 25 nitrogen and oxygen atoms in total. The molecule has 40 heavy (non-hydrogen) atoms. The van der Waals surface area contributed by atoms with E-state index >= 15 is 0 Å². The molecule has 2 aromatic rings. The number of ether oxygens (including phenoxy) is 1. The minimum atomic E-state index is -6.03. The van der Waals surface area contributed by atoms with Gasteiger partial charge in [-0.05, 0) is 0 Å². The van der Waals surface area contributed by atoms with Gasteiger partial charge in [0.05, 0.1) is 12.9 Å². The molecule has 0 bridgehead atoms. The van der Waals surface area contributed by atoms with Crippen molar-refractivity contribution in [2.24, 2.45) is 0 Å². The molecule has 3 heterocycles. The summed E-state index contributed by atoms with van der Waals surface area (Å²) < 4.78 is 83.4. The van der Waals surface area contributed by atoms with Crippen LogP contribution >= 0.6 is 39.1 Å². The molecule has 1 fully saturated rings. The Balaban J connectivity index is 1.94. The summed E-state index contributed by atoms with van der Waals surface area (Å²) in [6, 6.07) is 0. The van der Waals surface area contributed by atoms with Crippen LogP contribution in [0.2, 0.25) is 0 Å². The van der Waals surface area contributed by atoms with E-state index in [2.05, 4.69) is 36.9 Å². The molecule has 1 aliphatic heterocycles. The highest BCUT2D eigenvalue weighted by Gasteiger charge is 2.52. The predicted octanol–water partition coefficient (Wildman–Crippen LogP) is -2.10. The lowest BCUT2D eigenvalue weighted by atomic mass is 10.1. The van der Waals surface area contributed by atoms with E-state index < -0.39 is 81.8 Å². The molecular formula is C10H18N5O20P5. The molecule has 228 valence electrons. The van der Waals surface area contributed by atoms with Crippen molar-refractivity contribution >= 4 is 56.2 Å². The van der Waals surface area contributed by atoms with Crippen molar-refractivity contribution in [3.05, 3.63) is 16.7 Å². The molecule has 0 aliphatic carbocycles. The van der Waals surface area contributed by atoms with Gasteiger partial charge in [-0.15, -0.1) is 0 Å². The van der Waals surface area contributed by atoms with Crippen LogP contribution in [0.1, 0.15) is 6.23 Å². The second-order valence-electron chi connectivity index (χ2n) is 7.33. The Morgan fingerprint density at radius 2 is 1.52 bits per heavy atom. The molecule has 3 unspecified atom stereocenters. The van der Waals surface area contributed by atoms with Gasteiger partial charge in [0.1, 0.15) is 18.3 Å². The Morgan fingerprint density at radius 1 is 0.950 bits per heavy atom. The third-order valence-electron chi connectivity index (χ3n) is 4.32. The number of imidazole rings is 1. The summed E-state index contributed by atoms with van der Waals surface area (Å²) in [4.78, 5) is 85.1. The number of anilines is 1. The van der Waals surface area contributed by atoms with Crippen LogP contribution in [0.3, 0.4) is 0 Å². The highest BCUT2D eigenvalue weighted by atomic mass is 31.3. The number of hydrogen-bond donors (Lipinski definition) is 10. The Hall–Kier alpha value is -1.26. The van der Waals surface area contributed by atoms with E-state index in [4.69, 9.17) is 30.0 Å². The van der Waals surface area contributed by atoms with E-state index in [-0.39, 0.29) is 11.2 Å². The summed E-state index contributed by atoms with van der Waals surface area (Å²) in [7, 11) is -28.9. The Kier molecular flexibility index (Phi) is 9.51. The Bertz CT molecular complexity index is 1560. The Labute approximate surface area is 218 Å². The number of nitrogens with zero attached hydrogens (tertiary/aromatic N) is 3. The van der Waals surface area contributed by atoms with Crippen molar-refractivity contribution in [2.45, 2.75) is 24.5 Å². The van der Waals surface area contributed by atoms with Crippen LogP contribution in [0.15, 0.2) is 11.1 Å². The van der Waals surface area contributed by atoms with Crippen molar-refractivity contribution in [1.29, 1.82) is 0 Å². The molecule has 0 saturated carbocycles. The van der Waals surface area contributed by atoms with Crippen LogP contribution in [0.25, 0.3) is 11.2 Å². The van der Waals surface area contributed by atoms with Crippen LogP contribution in [-0.4, -0.2) is 83.8 Å². The summed E-state index contributed by atoms with van der Waals surface area (Å²) in [5.41, 5.74) is 3.92. The smallest absolute Gasteiger partial charge is 0.386 e. The first-order valence-corrected chi connectivity index (χ1v) is 17.1. The number of phosphoric acid groups is 5. The lowest BCUT2D eigenvalue weighted by Gasteiger charge is -2.24. The number of nitrogen functional groups attached to an aromatic ring is 1. The van der Waals surface area contributed by atoms with Gasteiger partial charge >= 0.3 is 39.1 Å². The summed E-state index contributed by atoms with van der Waals surface area (Å²) in [5.74, 6) is -0.438. The maximum Gasteiger partial charge on any atom is 0.490 e. The molecule has 2 aromatic heterocycles. The van der Waals surface area contributed by atoms with E-state index in [1.165, 1.54) is 0 Å². The van der Waals surface area contributed by atoms with Gasteiger partial charge in [0.15, 0.2) is 17.4 Å². The van der Waals surface area contributed by atoms with E-state index in [0.29, 0.717) is 0 Å². The molecule has 1 saturated heterocycles. The summed E-state index contributed by atoms with van der Waals surface area (Å²) in [5, 5.41) is 10.8. The van der Waals surface area contributed by atoms with Gasteiger partial charge in [-0.25, -0.2) is 27.8 Å². The van der Waals surface area contributed by atoms with Gasteiger partial charge in [0.2, 0.25) is 5.95 Å². The van der Waals surface area contributed by atoms with Crippen molar-refractivity contribution in [1.82, 2.24) is 19.5 Å². The molecular weight excluding hydrogens is 665 g/mol. The largest absolute Gasteiger partial charge is 0.490 e. The van der Waals surface area contributed by atoms with E-state index in [0.717, 1.165) is 10.9 Å². The molecule has 0 amide bonds. The molecule has 11 N–H and O–H groups in total. The first-order chi connectivity index (χ1) is 18.0. The molecule has 3 rings (SSSR count). The summed E-state index contributed by atoms with van der Waals surface area (Å²) in [6.07, 6.45) is -7.48. The zero-order valence-electron chi connectivity index (χ0n) is 18.7. The van der Waals surface area contributed by atoms with Gasteiger partial charge in [0, 0.05) is 0 Å².